The van der Waals surface area contributed by atoms with Gasteiger partial charge in [0.05, 0.1) is 5.56 Å². The maximum absolute atomic E-state index is 14.1. The Labute approximate surface area is 275 Å². The molecule has 1 fully saturated rings. The van der Waals surface area contributed by atoms with Crippen molar-refractivity contribution in [3.8, 4) is 11.5 Å². The van der Waals surface area contributed by atoms with Gasteiger partial charge in [-0.1, -0.05) is 81.0 Å². The number of amides is 2. The van der Waals surface area contributed by atoms with Gasteiger partial charge < -0.3 is 25.8 Å². The van der Waals surface area contributed by atoms with Gasteiger partial charge in [-0.2, -0.15) is 0 Å². The monoisotopic (exact) mass is 633 g/mol. The first-order valence-corrected chi connectivity index (χ1v) is 15.9. The van der Waals surface area contributed by atoms with E-state index in [-0.39, 0.29) is 40.1 Å². The Morgan fingerprint density at radius 1 is 1.11 bits per heavy atom. The number of piperazine rings is 1. The number of hydrogen-bond acceptors (Lipinski definition) is 5. The van der Waals surface area contributed by atoms with E-state index >= 15 is 0 Å². The number of fused-ring (bicyclic) bond motifs is 1. The minimum Gasteiger partial charge on any atom is -0.507 e. The molecule has 2 aromatic carbocycles. The summed E-state index contributed by atoms with van der Waals surface area (Å²) >= 11 is 0. The van der Waals surface area contributed by atoms with Gasteiger partial charge in [-0.25, -0.2) is 0 Å². The molecular formula is C39H43N3O5. The van der Waals surface area contributed by atoms with Crippen LogP contribution in [0.25, 0.3) is 23.1 Å². The number of phenols is 2. The number of aromatic nitrogens is 1. The molecule has 2 heterocycles. The Balaban J connectivity index is 1.53. The Bertz CT molecular complexity index is 1920. The Morgan fingerprint density at radius 2 is 1.83 bits per heavy atom. The SMILES string of the molecule is C=CC(C)(C)c1[nH]c2ccccc2c1/C=C1\NC(=O)[C@@]2(C[C@@H](C)C=C[C@@H]2/C=C/c2c(O)cc(CC=C(C)C)c(O)c2C(C)=O)NC1=O. The molecule has 5 rings (SSSR count). The average Bonchev–Trinajstić information content (AvgIpc) is 3.39. The minimum absolute atomic E-state index is 0.0000503. The first-order valence-electron chi connectivity index (χ1n) is 15.9. The molecule has 0 unspecified atom stereocenters. The molecule has 5 N–H and O–H groups in total. The van der Waals surface area contributed by atoms with Gasteiger partial charge in [-0.3, -0.25) is 14.4 Å². The van der Waals surface area contributed by atoms with Crippen LogP contribution in [0.2, 0.25) is 0 Å². The molecule has 3 aromatic rings. The number of rotatable bonds is 8. The number of para-hydroxylation sites is 1. The van der Waals surface area contributed by atoms with Crippen LogP contribution >= 0.6 is 0 Å². The standard InChI is InChI=1S/C39H43N3O5/c1-8-38(6,7)35-29(27-11-9-10-12-30(27)40-35)20-31-36(46)42-39(37(47)41-31)21-23(4)14-16-26(39)17-18-28-32(44)19-25(15-13-22(2)3)34(45)33(28)24(5)43/h8-14,16-20,23,26,40,44-45H,1,15,21H2,2-7H3,(H,41,47)(H,42,46)/b18-17+,31-20-/t23-,26+,39-/m0/s1. The Hall–Kier alpha value is -5.11. The molecular weight excluding hydrogens is 590 g/mol. The second-order valence-corrected chi connectivity index (χ2v) is 13.5. The molecule has 0 bridgehead atoms. The van der Waals surface area contributed by atoms with Crippen molar-refractivity contribution in [1.82, 2.24) is 15.6 Å². The van der Waals surface area contributed by atoms with Crippen LogP contribution in [0.5, 0.6) is 11.5 Å². The fourth-order valence-electron chi connectivity index (χ4n) is 6.50. The summed E-state index contributed by atoms with van der Waals surface area (Å²) in [6.07, 6.45) is 13.2. The molecule has 47 heavy (non-hydrogen) atoms. The summed E-state index contributed by atoms with van der Waals surface area (Å²) in [6.45, 7) is 15.2. The summed E-state index contributed by atoms with van der Waals surface area (Å²) in [6, 6.07) is 9.25. The zero-order valence-electron chi connectivity index (χ0n) is 27.8. The van der Waals surface area contributed by atoms with E-state index in [1.165, 1.54) is 13.0 Å². The van der Waals surface area contributed by atoms with Crippen molar-refractivity contribution in [2.75, 3.05) is 0 Å². The predicted molar refractivity (Wildman–Crippen MR) is 187 cm³/mol. The fourth-order valence-corrected chi connectivity index (χ4v) is 6.50. The van der Waals surface area contributed by atoms with Gasteiger partial charge in [0.1, 0.15) is 22.7 Å². The smallest absolute Gasteiger partial charge is 0.268 e. The van der Waals surface area contributed by atoms with Crippen molar-refractivity contribution in [3.05, 3.63) is 107 Å². The highest BCUT2D eigenvalue weighted by Gasteiger charge is 2.51. The average molecular weight is 634 g/mol. The third-order valence-electron chi connectivity index (χ3n) is 9.23. The molecule has 8 heteroatoms. The van der Waals surface area contributed by atoms with Crippen LogP contribution in [0.4, 0.5) is 0 Å². The van der Waals surface area contributed by atoms with Crippen molar-refractivity contribution < 1.29 is 24.6 Å². The lowest BCUT2D eigenvalue weighted by molar-refractivity contribution is -0.138. The number of Topliss-reactive ketones (excluding diaryl/α,β-unsaturated/α-hetero) is 1. The minimum atomic E-state index is -1.32. The fraction of sp³-hybridized carbons (Fsp3) is 0.308. The van der Waals surface area contributed by atoms with E-state index in [1.807, 2.05) is 83.2 Å². The first kappa shape index (κ1) is 33.3. The van der Waals surface area contributed by atoms with Crippen LogP contribution in [0.15, 0.2) is 78.6 Å². The maximum atomic E-state index is 14.1. The van der Waals surface area contributed by atoms with E-state index in [2.05, 4.69) is 22.2 Å². The number of carbonyl (C=O) groups excluding carboxylic acids is 3. The molecule has 244 valence electrons. The van der Waals surface area contributed by atoms with Gasteiger partial charge in [-0.05, 0) is 57.7 Å². The highest BCUT2D eigenvalue weighted by molar-refractivity contribution is 6.11. The molecule has 1 aliphatic carbocycles. The summed E-state index contributed by atoms with van der Waals surface area (Å²) in [5.74, 6) is -2.17. The highest BCUT2D eigenvalue weighted by Crippen LogP contribution is 2.40. The van der Waals surface area contributed by atoms with E-state index in [4.69, 9.17) is 0 Å². The van der Waals surface area contributed by atoms with Crippen LogP contribution in [-0.4, -0.2) is 38.3 Å². The molecule has 1 saturated heterocycles. The van der Waals surface area contributed by atoms with Gasteiger partial charge >= 0.3 is 0 Å². The molecule has 1 spiro atoms. The van der Waals surface area contributed by atoms with Crippen LogP contribution in [-0.2, 0) is 21.4 Å². The topological polar surface area (TPSA) is 132 Å². The Kier molecular flexibility index (Phi) is 8.91. The highest BCUT2D eigenvalue weighted by atomic mass is 16.3. The number of ketones is 1. The predicted octanol–water partition coefficient (Wildman–Crippen LogP) is 7.01. The molecule has 8 nitrogen and oxygen atoms in total. The second-order valence-electron chi connectivity index (χ2n) is 13.5. The number of nitrogens with one attached hydrogen (secondary N) is 3. The van der Waals surface area contributed by atoms with Gasteiger partial charge in [-0.15, -0.1) is 6.58 Å². The number of hydrogen-bond donors (Lipinski definition) is 5. The normalized spacial score (nSPS) is 22.1. The second kappa shape index (κ2) is 12.6. The van der Waals surface area contributed by atoms with Crippen LogP contribution < -0.4 is 10.6 Å². The molecule has 1 aliphatic heterocycles. The van der Waals surface area contributed by atoms with Crippen molar-refractivity contribution in [3.63, 3.8) is 0 Å². The van der Waals surface area contributed by atoms with Crippen molar-refractivity contribution in [2.45, 2.75) is 65.3 Å². The lowest BCUT2D eigenvalue weighted by Gasteiger charge is -2.44. The first-order chi connectivity index (χ1) is 22.2. The number of allylic oxidation sites excluding steroid dienone is 4. The lowest BCUT2D eigenvalue weighted by Crippen LogP contribution is -2.68. The maximum Gasteiger partial charge on any atom is 0.268 e. The van der Waals surface area contributed by atoms with Crippen molar-refractivity contribution >= 4 is 40.7 Å². The summed E-state index contributed by atoms with van der Waals surface area (Å²) in [5.41, 5.74) is 2.56. The van der Waals surface area contributed by atoms with E-state index < -0.39 is 28.6 Å². The number of H-pyrrole nitrogens is 1. The number of phenolic OH excluding ortho intramolecular Hbond substituents is 2. The molecule has 0 saturated carbocycles. The summed E-state index contributed by atoms with van der Waals surface area (Å²) < 4.78 is 0. The third kappa shape index (κ3) is 6.20. The van der Waals surface area contributed by atoms with E-state index in [1.54, 1.807) is 18.2 Å². The summed E-state index contributed by atoms with van der Waals surface area (Å²) in [7, 11) is 0. The van der Waals surface area contributed by atoms with Crippen LogP contribution in [0, 0.1) is 11.8 Å². The molecule has 2 amide bonds. The van der Waals surface area contributed by atoms with E-state index in [0.29, 0.717) is 18.4 Å². The zero-order chi connectivity index (χ0) is 34.3. The molecule has 1 aromatic heterocycles. The summed E-state index contributed by atoms with van der Waals surface area (Å²) in [4.78, 5) is 44.1. The molecule has 2 aliphatic rings. The quantitative estimate of drug-likeness (QED) is 0.0789. The van der Waals surface area contributed by atoms with Crippen LogP contribution in [0.1, 0.15) is 80.7 Å². The van der Waals surface area contributed by atoms with Crippen LogP contribution in [0.3, 0.4) is 0 Å². The lowest BCUT2D eigenvalue weighted by atomic mass is 9.71. The molecule has 3 atom stereocenters. The number of benzene rings is 2. The number of aromatic hydroxyl groups is 2. The third-order valence-corrected chi connectivity index (χ3v) is 9.23. The van der Waals surface area contributed by atoms with Gasteiger partial charge in [0, 0.05) is 44.6 Å². The van der Waals surface area contributed by atoms with E-state index in [0.717, 1.165) is 27.7 Å². The summed E-state index contributed by atoms with van der Waals surface area (Å²) in [5, 5.41) is 28.9. The van der Waals surface area contributed by atoms with Gasteiger partial charge in [0.2, 0.25) is 0 Å². The zero-order valence-corrected chi connectivity index (χ0v) is 27.8. The number of carbonyl (C=O) groups is 3. The van der Waals surface area contributed by atoms with Gasteiger partial charge in [0.25, 0.3) is 11.8 Å². The Morgan fingerprint density at radius 3 is 2.51 bits per heavy atom. The van der Waals surface area contributed by atoms with Gasteiger partial charge in [0.15, 0.2) is 5.78 Å². The van der Waals surface area contributed by atoms with Crippen molar-refractivity contribution in [1.29, 1.82) is 0 Å². The van der Waals surface area contributed by atoms with Crippen molar-refractivity contribution in [2.24, 2.45) is 11.8 Å². The number of aromatic amines is 1. The largest absolute Gasteiger partial charge is 0.507 e. The molecule has 0 radical (unpaired) electrons. The van der Waals surface area contributed by atoms with E-state index in [9.17, 15) is 24.6 Å².